The van der Waals surface area contributed by atoms with Crippen LogP contribution in [-0.2, 0) is 16.1 Å². The van der Waals surface area contributed by atoms with Gasteiger partial charge in [-0.25, -0.2) is 9.79 Å². The number of nitrogens with zero attached hydrogens (tertiary/aromatic N) is 2. The topological polar surface area (TPSA) is 73.0 Å². The van der Waals surface area contributed by atoms with Crippen LogP contribution in [0.3, 0.4) is 0 Å². The van der Waals surface area contributed by atoms with E-state index in [0.717, 1.165) is 23.0 Å². The van der Waals surface area contributed by atoms with Gasteiger partial charge >= 0.3 is 5.97 Å². The normalized spacial score (nSPS) is 16.3. The van der Waals surface area contributed by atoms with E-state index in [1.54, 1.807) is 38.3 Å². The van der Waals surface area contributed by atoms with Crippen LogP contribution in [0.2, 0.25) is 0 Å². The van der Waals surface area contributed by atoms with Crippen LogP contribution in [0.1, 0.15) is 19.4 Å². The number of hydrogen-bond acceptors (Lipinski definition) is 6. The van der Waals surface area contributed by atoms with E-state index in [1.807, 2.05) is 30.5 Å². The molecule has 1 aromatic heterocycles. The first-order valence-electron chi connectivity index (χ1n) is 10.4. The van der Waals surface area contributed by atoms with Crippen LogP contribution in [0, 0.1) is 0 Å². The number of benzene rings is 2. The number of rotatable bonds is 6. The summed E-state index contributed by atoms with van der Waals surface area (Å²) in [7, 11) is 1.60. The molecule has 0 amide bonds. The fraction of sp³-hybridized carbons (Fsp3) is 0.200. The van der Waals surface area contributed by atoms with Crippen LogP contribution >= 0.6 is 11.8 Å². The average molecular weight is 449 g/mol. The molecule has 0 unspecified atom stereocenters. The molecule has 1 aliphatic rings. The summed E-state index contributed by atoms with van der Waals surface area (Å²) in [5.74, 6) is 0.00289. The van der Waals surface area contributed by atoms with E-state index < -0.39 is 5.97 Å². The zero-order valence-electron chi connectivity index (χ0n) is 18.2. The summed E-state index contributed by atoms with van der Waals surface area (Å²) in [6.45, 7) is 4.85. The van der Waals surface area contributed by atoms with Crippen LogP contribution in [0.15, 0.2) is 76.0 Å². The lowest BCUT2D eigenvalue weighted by atomic mass is 10.1. The third-order valence-corrected chi connectivity index (χ3v) is 6.14. The quantitative estimate of drug-likeness (QED) is 0.478. The Morgan fingerprint density at radius 3 is 2.59 bits per heavy atom. The van der Waals surface area contributed by atoms with Gasteiger partial charge in [-0.15, -0.1) is 0 Å². The highest BCUT2D eigenvalue weighted by Crippen LogP contribution is 2.41. The molecule has 2 heterocycles. The highest BCUT2D eigenvalue weighted by Gasteiger charge is 2.33. The second-order valence-electron chi connectivity index (χ2n) is 7.06. The molecule has 4 rings (SSSR count). The van der Waals surface area contributed by atoms with Crippen molar-refractivity contribution in [3.63, 3.8) is 0 Å². The second-order valence-corrected chi connectivity index (χ2v) is 8.09. The van der Waals surface area contributed by atoms with Crippen molar-refractivity contribution in [2.24, 2.45) is 4.99 Å². The number of carbonyl (C=O) groups excluding carboxylic acids is 1. The number of thioether (sulfide) groups is 1. The molecule has 0 fully saturated rings. The fourth-order valence-corrected chi connectivity index (χ4v) is 4.58. The number of esters is 1. The Balaban J connectivity index is 1.79. The van der Waals surface area contributed by atoms with Gasteiger partial charge in [-0.05, 0) is 50.3 Å². The van der Waals surface area contributed by atoms with E-state index in [1.165, 1.54) is 11.8 Å². The predicted molar refractivity (Wildman–Crippen MR) is 130 cm³/mol. The molecule has 0 aliphatic carbocycles. The van der Waals surface area contributed by atoms with Crippen molar-refractivity contribution in [2.75, 3.05) is 13.7 Å². The van der Waals surface area contributed by atoms with Crippen molar-refractivity contribution >= 4 is 45.4 Å². The summed E-state index contributed by atoms with van der Waals surface area (Å²) in [4.78, 5) is 17.8. The minimum absolute atomic E-state index is 0.0816. The van der Waals surface area contributed by atoms with Crippen molar-refractivity contribution in [3.8, 4) is 5.75 Å². The lowest BCUT2D eigenvalue weighted by molar-refractivity contribution is -0.138. The molecule has 1 N–H and O–H groups in total. The number of fused-ring (bicyclic) bond motifs is 1. The maximum Gasteiger partial charge on any atom is 0.344 e. The number of aromatic nitrogens is 1. The van der Waals surface area contributed by atoms with Crippen LogP contribution in [0.25, 0.3) is 17.0 Å². The van der Waals surface area contributed by atoms with E-state index in [0.29, 0.717) is 21.4 Å². The first kappa shape index (κ1) is 21.8. The lowest BCUT2D eigenvalue weighted by Gasteiger charge is -2.04. The molecule has 2 aromatic carbocycles. The maximum absolute atomic E-state index is 12.6. The van der Waals surface area contributed by atoms with Gasteiger partial charge in [0.05, 0.1) is 24.3 Å². The van der Waals surface area contributed by atoms with E-state index in [-0.39, 0.29) is 17.9 Å². The fourth-order valence-electron chi connectivity index (χ4n) is 3.56. The van der Waals surface area contributed by atoms with Gasteiger partial charge in [-0.3, -0.25) is 0 Å². The molecule has 0 saturated carbocycles. The lowest BCUT2D eigenvalue weighted by Crippen LogP contribution is -2.12. The Morgan fingerprint density at radius 1 is 1.16 bits per heavy atom. The summed E-state index contributed by atoms with van der Waals surface area (Å²) >= 11 is 1.25. The number of ether oxygens (including phenoxy) is 2. The van der Waals surface area contributed by atoms with Gasteiger partial charge in [-0.2, -0.15) is 0 Å². The largest absolute Gasteiger partial charge is 0.506 e. The Morgan fingerprint density at radius 2 is 1.91 bits per heavy atom. The van der Waals surface area contributed by atoms with Crippen molar-refractivity contribution in [1.82, 2.24) is 4.57 Å². The van der Waals surface area contributed by atoms with Crippen LogP contribution in [0.4, 0.5) is 5.69 Å². The smallest absolute Gasteiger partial charge is 0.344 e. The Kier molecular flexibility index (Phi) is 6.37. The Hall–Kier alpha value is -3.45. The number of aryl methyl sites for hydroxylation is 1. The van der Waals surface area contributed by atoms with Gasteiger partial charge in [0.1, 0.15) is 22.1 Å². The van der Waals surface area contributed by atoms with Gasteiger partial charge in [0.25, 0.3) is 0 Å². The number of carbonyl (C=O) groups is 1. The molecule has 0 spiro atoms. The Bertz CT molecular complexity index is 1250. The second kappa shape index (κ2) is 9.36. The van der Waals surface area contributed by atoms with E-state index >= 15 is 0 Å². The minimum atomic E-state index is -0.593. The van der Waals surface area contributed by atoms with Crippen molar-refractivity contribution < 1.29 is 19.4 Å². The van der Waals surface area contributed by atoms with Gasteiger partial charge in [0.15, 0.2) is 0 Å². The number of hydrogen-bond donors (Lipinski definition) is 1. The van der Waals surface area contributed by atoms with Crippen molar-refractivity contribution in [2.45, 2.75) is 20.4 Å². The van der Waals surface area contributed by atoms with Crippen LogP contribution in [0.5, 0.6) is 5.75 Å². The van der Waals surface area contributed by atoms with Gasteiger partial charge in [-0.1, -0.05) is 30.0 Å². The van der Waals surface area contributed by atoms with E-state index in [4.69, 9.17) is 9.47 Å². The van der Waals surface area contributed by atoms with Crippen molar-refractivity contribution in [3.05, 3.63) is 76.5 Å². The predicted octanol–water partition coefficient (Wildman–Crippen LogP) is 5.86. The molecular weight excluding hydrogens is 424 g/mol. The van der Waals surface area contributed by atoms with Crippen LogP contribution in [-0.4, -0.2) is 34.4 Å². The molecule has 7 heteroatoms. The van der Waals surface area contributed by atoms with Crippen molar-refractivity contribution in [1.29, 1.82) is 0 Å². The van der Waals surface area contributed by atoms with Gasteiger partial charge < -0.3 is 19.1 Å². The molecule has 0 bridgehead atoms. The van der Waals surface area contributed by atoms with Crippen LogP contribution < -0.4 is 4.74 Å². The highest BCUT2D eigenvalue weighted by molar-refractivity contribution is 8.18. The van der Waals surface area contributed by atoms with Gasteiger partial charge in [0.2, 0.25) is 0 Å². The minimum Gasteiger partial charge on any atom is -0.506 e. The Labute approximate surface area is 190 Å². The number of methoxy groups -OCH3 is 1. The highest BCUT2D eigenvalue weighted by atomic mass is 32.2. The molecule has 164 valence electrons. The molecule has 32 heavy (non-hydrogen) atoms. The summed E-state index contributed by atoms with van der Waals surface area (Å²) in [6.07, 6.45) is 3.94. The van der Waals surface area contributed by atoms with E-state index in [2.05, 4.69) is 22.5 Å². The third-order valence-electron chi connectivity index (χ3n) is 5.12. The first-order chi connectivity index (χ1) is 15.5. The summed E-state index contributed by atoms with van der Waals surface area (Å²) in [6, 6.07) is 15.3. The number of aliphatic imine (C=N–C) groups is 1. The third kappa shape index (κ3) is 4.16. The number of aliphatic hydroxyl groups excluding tert-OH is 1. The van der Waals surface area contributed by atoms with Gasteiger partial charge in [0, 0.05) is 29.2 Å². The molecule has 0 saturated heterocycles. The summed E-state index contributed by atoms with van der Waals surface area (Å²) in [5, 5.41) is 12.4. The summed E-state index contributed by atoms with van der Waals surface area (Å²) in [5.41, 5.74) is 2.81. The molecule has 6 nitrogen and oxygen atoms in total. The molecule has 1 aliphatic heterocycles. The standard InChI is InChI=1S/C25H24N2O4S/c1-4-27-15-16(19-8-6-7-9-20(19)27)14-21-23(28)22(25(29)31-5-2)24(32-21)26-17-10-12-18(30-3)13-11-17/h6-15,28H,4-5H2,1-3H3/b21-14-,26-24?. The molecular formula is C25H24N2O4S. The number of para-hydroxylation sites is 1. The average Bonchev–Trinajstić information content (AvgIpc) is 3.32. The maximum atomic E-state index is 12.6. The van der Waals surface area contributed by atoms with E-state index in [9.17, 15) is 9.90 Å². The molecule has 0 radical (unpaired) electrons. The molecule has 0 atom stereocenters. The summed E-state index contributed by atoms with van der Waals surface area (Å²) < 4.78 is 12.5. The monoisotopic (exact) mass is 448 g/mol. The zero-order chi connectivity index (χ0) is 22.7. The molecule has 3 aromatic rings. The first-order valence-corrected chi connectivity index (χ1v) is 11.2. The zero-order valence-corrected chi connectivity index (χ0v) is 19.0. The number of aliphatic hydroxyl groups is 1. The SMILES string of the molecule is CCOC(=O)C1=C(O)/C(=C/c2cn(CC)c3ccccc23)SC1=Nc1ccc(OC)cc1.